The lowest BCUT2D eigenvalue weighted by Crippen LogP contribution is -2.02. The van der Waals surface area contributed by atoms with E-state index in [4.69, 9.17) is 14.2 Å². The highest BCUT2D eigenvalue weighted by Gasteiger charge is 2.11. The van der Waals surface area contributed by atoms with Gasteiger partial charge in [-0.3, -0.25) is 10.1 Å². The van der Waals surface area contributed by atoms with Crippen LogP contribution >= 0.6 is 0 Å². The van der Waals surface area contributed by atoms with E-state index >= 15 is 0 Å². The van der Waals surface area contributed by atoms with Gasteiger partial charge in [0.25, 0.3) is 5.69 Å². The van der Waals surface area contributed by atoms with E-state index in [-0.39, 0.29) is 19.1 Å². The largest absolute Gasteiger partial charge is 0.496 e. The van der Waals surface area contributed by atoms with Crippen LogP contribution in [0.5, 0.6) is 11.5 Å². The molecule has 0 heterocycles. The summed E-state index contributed by atoms with van der Waals surface area (Å²) in [6.07, 6.45) is 3.58. The van der Waals surface area contributed by atoms with Crippen molar-refractivity contribution in [1.82, 2.24) is 0 Å². The molecule has 0 aliphatic carbocycles. The molecule has 0 unspecified atom stereocenters. The fourth-order valence-electron chi connectivity index (χ4n) is 2.21. The predicted molar refractivity (Wildman–Crippen MR) is 93.4 cm³/mol. The minimum atomic E-state index is -0.444. The van der Waals surface area contributed by atoms with E-state index in [2.05, 4.69) is 0 Å². The molecule has 0 amide bonds. The molecule has 2 aromatic rings. The van der Waals surface area contributed by atoms with Gasteiger partial charge in [0.15, 0.2) is 6.79 Å². The Morgan fingerprint density at radius 1 is 1.12 bits per heavy atom. The highest BCUT2D eigenvalue weighted by molar-refractivity contribution is 5.76. The topological polar surface area (TPSA) is 91.1 Å². The quantitative estimate of drug-likeness (QED) is 0.342. The molecular formula is C18H19NO6. The molecule has 0 fully saturated rings. The van der Waals surface area contributed by atoms with Crippen LogP contribution in [-0.4, -0.2) is 31.0 Å². The van der Waals surface area contributed by atoms with Gasteiger partial charge in [0.05, 0.1) is 24.2 Å². The van der Waals surface area contributed by atoms with Crippen LogP contribution < -0.4 is 9.47 Å². The summed E-state index contributed by atoms with van der Waals surface area (Å²) in [7, 11) is 3.04. The molecule has 0 spiro atoms. The summed E-state index contributed by atoms with van der Waals surface area (Å²) >= 11 is 0. The SMILES string of the molecule is COCOc1cc(CO)cc(OC)c1/C=C/c1ccc([N+](=O)[O-])cc1. The van der Waals surface area contributed by atoms with Crippen molar-refractivity contribution in [2.45, 2.75) is 6.61 Å². The molecule has 7 heteroatoms. The average molecular weight is 345 g/mol. The van der Waals surface area contributed by atoms with Crippen LogP contribution in [-0.2, 0) is 11.3 Å². The number of aliphatic hydroxyl groups excluding tert-OH is 1. The summed E-state index contributed by atoms with van der Waals surface area (Å²) in [5.74, 6) is 1.04. The summed E-state index contributed by atoms with van der Waals surface area (Å²) in [4.78, 5) is 10.3. The van der Waals surface area contributed by atoms with Crippen molar-refractivity contribution >= 4 is 17.8 Å². The van der Waals surface area contributed by atoms with Gasteiger partial charge in [-0.05, 0) is 41.5 Å². The summed E-state index contributed by atoms with van der Waals surface area (Å²) in [6.45, 7) is -0.0948. The Hall–Kier alpha value is -2.90. The molecule has 7 nitrogen and oxygen atoms in total. The van der Waals surface area contributed by atoms with Crippen molar-refractivity contribution in [1.29, 1.82) is 0 Å². The van der Waals surface area contributed by atoms with Crippen molar-refractivity contribution in [3.63, 3.8) is 0 Å². The number of hydrogen-bond donors (Lipinski definition) is 1. The van der Waals surface area contributed by atoms with Crippen LogP contribution in [0.15, 0.2) is 36.4 Å². The van der Waals surface area contributed by atoms with Crippen molar-refractivity contribution in [3.05, 3.63) is 63.2 Å². The first-order chi connectivity index (χ1) is 12.1. The molecule has 0 aliphatic rings. The number of ether oxygens (including phenoxy) is 3. The van der Waals surface area contributed by atoms with E-state index in [0.717, 1.165) is 5.56 Å². The number of nitro benzene ring substituents is 1. The van der Waals surface area contributed by atoms with Gasteiger partial charge in [-0.25, -0.2) is 0 Å². The lowest BCUT2D eigenvalue weighted by Gasteiger charge is -2.14. The van der Waals surface area contributed by atoms with Gasteiger partial charge >= 0.3 is 0 Å². The minimum Gasteiger partial charge on any atom is -0.496 e. The first-order valence-corrected chi connectivity index (χ1v) is 7.45. The number of nitro groups is 1. The third-order valence-corrected chi connectivity index (χ3v) is 3.45. The van der Waals surface area contributed by atoms with Crippen LogP contribution in [0.2, 0.25) is 0 Å². The molecule has 2 aromatic carbocycles. The van der Waals surface area contributed by atoms with E-state index in [1.54, 1.807) is 36.4 Å². The van der Waals surface area contributed by atoms with E-state index in [1.165, 1.54) is 26.4 Å². The third kappa shape index (κ3) is 4.79. The van der Waals surface area contributed by atoms with Crippen molar-refractivity contribution in [2.24, 2.45) is 0 Å². The molecule has 0 bridgehead atoms. The van der Waals surface area contributed by atoms with Crippen molar-refractivity contribution < 1.29 is 24.2 Å². The van der Waals surface area contributed by atoms with Gasteiger partial charge in [-0.1, -0.05) is 6.08 Å². The zero-order valence-electron chi connectivity index (χ0n) is 14.0. The molecule has 0 radical (unpaired) electrons. The molecule has 0 saturated heterocycles. The standard InChI is InChI=1S/C18H19NO6/c1-23-12-25-18-10-14(11-20)9-17(24-2)16(18)8-5-13-3-6-15(7-4-13)19(21)22/h3-10,20H,11-12H2,1-2H3/b8-5+. The number of non-ortho nitro benzene ring substituents is 1. The van der Waals surface area contributed by atoms with Crippen LogP contribution in [0, 0.1) is 10.1 Å². The van der Waals surface area contributed by atoms with E-state index in [9.17, 15) is 15.2 Å². The number of methoxy groups -OCH3 is 2. The first-order valence-electron chi connectivity index (χ1n) is 7.45. The lowest BCUT2D eigenvalue weighted by atomic mass is 10.1. The fourth-order valence-corrected chi connectivity index (χ4v) is 2.21. The van der Waals surface area contributed by atoms with Crippen LogP contribution in [0.25, 0.3) is 12.2 Å². The molecule has 25 heavy (non-hydrogen) atoms. The van der Waals surface area contributed by atoms with Gasteiger partial charge in [0.1, 0.15) is 11.5 Å². The maximum absolute atomic E-state index is 10.7. The summed E-state index contributed by atoms with van der Waals surface area (Å²) < 4.78 is 15.9. The molecular weight excluding hydrogens is 326 g/mol. The Morgan fingerprint density at radius 3 is 2.36 bits per heavy atom. The fraction of sp³-hybridized carbons (Fsp3) is 0.222. The number of benzene rings is 2. The molecule has 0 atom stereocenters. The van der Waals surface area contributed by atoms with E-state index in [1.807, 2.05) is 0 Å². The lowest BCUT2D eigenvalue weighted by molar-refractivity contribution is -0.384. The van der Waals surface area contributed by atoms with Gasteiger partial charge in [0, 0.05) is 19.2 Å². The normalized spacial score (nSPS) is 10.8. The van der Waals surface area contributed by atoms with Gasteiger partial charge in [-0.15, -0.1) is 0 Å². The van der Waals surface area contributed by atoms with Crippen LogP contribution in [0.3, 0.4) is 0 Å². The molecule has 0 aromatic heterocycles. The maximum atomic E-state index is 10.7. The maximum Gasteiger partial charge on any atom is 0.269 e. The zero-order valence-corrected chi connectivity index (χ0v) is 14.0. The van der Waals surface area contributed by atoms with Crippen molar-refractivity contribution in [3.8, 4) is 11.5 Å². The smallest absolute Gasteiger partial charge is 0.269 e. The second-order valence-corrected chi connectivity index (χ2v) is 5.10. The highest BCUT2D eigenvalue weighted by atomic mass is 16.7. The van der Waals surface area contributed by atoms with Gasteiger partial charge in [0.2, 0.25) is 0 Å². The Labute approximate surface area is 145 Å². The average Bonchev–Trinajstić information content (AvgIpc) is 2.64. The summed E-state index contributed by atoms with van der Waals surface area (Å²) in [5, 5.41) is 20.1. The Kier molecular flexibility index (Phi) is 6.50. The Morgan fingerprint density at radius 2 is 1.80 bits per heavy atom. The van der Waals surface area contributed by atoms with Gasteiger partial charge < -0.3 is 19.3 Å². The van der Waals surface area contributed by atoms with E-state index < -0.39 is 4.92 Å². The number of nitrogens with zero attached hydrogens (tertiary/aromatic N) is 1. The van der Waals surface area contributed by atoms with Crippen LogP contribution in [0.1, 0.15) is 16.7 Å². The van der Waals surface area contributed by atoms with Crippen LogP contribution in [0.4, 0.5) is 5.69 Å². The monoisotopic (exact) mass is 345 g/mol. The predicted octanol–water partition coefficient (Wildman–Crippen LogP) is 3.25. The summed E-state index contributed by atoms with van der Waals surface area (Å²) in [6, 6.07) is 9.60. The van der Waals surface area contributed by atoms with Crippen molar-refractivity contribution in [2.75, 3.05) is 21.0 Å². The molecule has 0 saturated carbocycles. The molecule has 132 valence electrons. The first kappa shape index (κ1) is 18.4. The highest BCUT2D eigenvalue weighted by Crippen LogP contribution is 2.33. The number of rotatable bonds is 8. The Bertz CT molecular complexity index is 755. The molecule has 1 N–H and O–H groups in total. The zero-order chi connectivity index (χ0) is 18.2. The Balaban J connectivity index is 2.36. The number of aliphatic hydroxyl groups is 1. The van der Waals surface area contributed by atoms with E-state index in [0.29, 0.717) is 22.6 Å². The third-order valence-electron chi connectivity index (χ3n) is 3.45. The summed E-state index contributed by atoms with van der Waals surface area (Å²) in [5.41, 5.74) is 2.15. The number of hydrogen-bond acceptors (Lipinski definition) is 6. The minimum absolute atomic E-state index is 0.0335. The second kappa shape index (κ2) is 8.81. The molecule has 0 aliphatic heterocycles. The second-order valence-electron chi connectivity index (χ2n) is 5.10. The van der Waals surface area contributed by atoms with Gasteiger partial charge in [-0.2, -0.15) is 0 Å². The molecule has 2 rings (SSSR count).